The second-order valence-corrected chi connectivity index (χ2v) is 8.82. The standard InChI is InChI=1S/C24H17Cl2F5N2O4/c1-9-14(24(35)37-6-5-36-13-4-2-3-10(25)18(13)26)16(15-11(33-9)7-32-8-12(15)34)17-19(27)21(29)23(31)22(30)20(17)28/h2-4,16,32-33H,5-8H2,1H3. The van der Waals surface area contributed by atoms with Gasteiger partial charge in [0.15, 0.2) is 29.1 Å². The maximum absolute atomic E-state index is 14.9. The van der Waals surface area contributed by atoms with Gasteiger partial charge in [-0.05, 0) is 19.1 Å². The minimum Gasteiger partial charge on any atom is -0.488 e. The van der Waals surface area contributed by atoms with Gasteiger partial charge in [-0.3, -0.25) is 4.79 Å². The van der Waals surface area contributed by atoms with Crippen molar-refractivity contribution in [3.8, 4) is 5.75 Å². The van der Waals surface area contributed by atoms with Gasteiger partial charge in [0.05, 0.1) is 23.1 Å². The minimum absolute atomic E-state index is 0.00740. The largest absolute Gasteiger partial charge is 0.488 e. The summed E-state index contributed by atoms with van der Waals surface area (Å²) in [6.45, 7) is 0.503. The zero-order valence-corrected chi connectivity index (χ0v) is 20.4. The van der Waals surface area contributed by atoms with Crippen molar-refractivity contribution in [1.82, 2.24) is 10.6 Å². The van der Waals surface area contributed by atoms with Gasteiger partial charge in [-0.25, -0.2) is 26.7 Å². The number of Topliss-reactive ketones (excluding diaryl/α,β-unsaturated/α-hetero) is 1. The second kappa shape index (κ2) is 10.7. The summed E-state index contributed by atoms with van der Waals surface area (Å²) in [7, 11) is 0. The van der Waals surface area contributed by atoms with E-state index in [1.165, 1.54) is 19.1 Å². The molecule has 196 valence electrons. The first-order valence-electron chi connectivity index (χ1n) is 10.7. The summed E-state index contributed by atoms with van der Waals surface area (Å²) in [5.41, 5.74) is -1.97. The van der Waals surface area contributed by atoms with Crippen LogP contribution >= 0.6 is 23.2 Å². The van der Waals surface area contributed by atoms with E-state index in [1.54, 1.807) is 6.07 Å². The van der Waals surface area contributed by atoms with Crippen molar-refractivity contribution in [1.29, 1.82) is 0 Å². The average molecular weight is 563 g/mol. The smallest absolute Gasteiger partial charge is 0.336 e. The molecule has 0 aliphatic carbocycles. The first-order chi connectivity index (χ1) is 17.5. The highest BCUT2D eigenvalue weighted by atomic mass is 35.5. The van der Waals surface area contributed by atoms with Crippen LogP contribution in [0.1, 0.15) is 18.4 Å². The maximum Gasteiger partial charge on any atom is 0.336 e. The molecule has 0 aromatic heterocycles. The van der Waals surface area contributed by atoms with E-state index in [4.69, 9.17) is 32.7 Å². The van der Waals surface area contributed by atoms with Gasteiger partial charge < -0.3 is 20.1 Å². The molecule has 2 N–H and O–H groups in total. The lowest BCUT2D eigenvalue weighted by Crippen LogP contribution is -2.43. The molecule has 2 aromatic carbocycles. The Kier molecular flexibility index (Phi) is 7.77. The Hall–Kier alpha value is -3.15. The Morgan fingerprint density at radius 3 is 2.32 bits per heavy atom. The van der Waals surface area contributed by atoms with Crippen molar-refractivity contribution in [2.24, 2.45) is 0 Å². The van der Waals surface area contributed by atoms with Gasteiger partial charge in [0.2, 0.25) is 5.82 Å². The number of ketones is 1. The number of carbonyl (C=O) groups is 2. The molecule has 13 heteroatoms. The Bertz CT molecular complexity index is 1350. The first kappa shape index (κ1) is 26.9. The van der Waals surface area contributed by atoms with Crippen molar-refractivity contribution >= 4 is 35.0 Å². The molecule has 37 heavy (non-hydrogen) atoms. The van der Waals surface area contributed by atoms with Crippen LogP contribution in [0, 0.1) is 29.1 Å². The number of halogens is 7. The Labute approximate surface area is 217 Å². The summed E-state index contributed by atoms with van der Waals surface area (Å²) in [6, 6.07) is 4.63. The fourth-order valence-electron chi connectivity index (χ4n) is 4.16. The van der Waals surface area contributed by atoms with E-state index in [0.29, 0.717) is 0 Å². The highest BCUT2D eigenvalue weighted by Crippen LogP contribution is 2.43. The molecule has 0 fully saturated rings. The van der Waals surface area contributed by atoms with E-state index in [1.807, 2.05) is 0 Å². The van der Waals surface area contributed by atoms with E-state index in [9.17, 15) is 31.5 Å². The molecule has 2 aromatic rings. The van der Waals surface area contributed by atoms with Crippen LogP contribution < -0.4 is 15.4 Å². The molecule has 0 bridgehead atoms. The molecule has 0 saturated heterocycles. The Morgan fingerprint density at radius 1 is 1.00 bits per heavy atom. The topological polar surface area (TPSA) is 76.7 Å². The lowest BCUT2D eigenvalue weighted by molar-refractivity contribution is -0.140. The monoisotopic (exact) mass is 562 g/mol. The van der Waals surface area contributed by atoms with Crippen molar-refractivity contribution in [2.75, 3.05) is 26.3 Å². The number of ether oxygens (including phenoxy) is 2. The van der Waals surface area contributed by atoms with Crippen molar-refractivity contribution < 1.29 is 41.0 Å². The van der Waals surface area contributed by atoms with E-state index in [2.05, 4.69) is 10.6 Å². The zero-order chi connectivity index (χ0) is 27.0. The third kappa shape index (κ3) is 4.90. The highest BCUT2D eigenvalue weighted by Gasteiger charge is 2.43. The number of allylic oxidation sites excluding steroid dienone is 1. The van der Waals surface area contributed by atoms with Crippen LogP contribution in [0.2, 0.25) is 10.0 Å². The number of rotatable bonds is 6. The van der Waals surface area contributed by atoms with Crippen molar-refractivity contribution in [3.63, 3.8) is 0 Å². The van der Waals surface area contributed by atoms with Gasteiger partial charge in [-0.1, -0.05) is 29.3 Å². The van der Waals surface area contributed by atoms with Crippen LogP contribution in [0.3, 0.4) is 0 Å². The molecular formula is C24H17Cl2F5N2O4. The normalized spacial score (nSPS) is 17.5. The molecular weight excluding hydrogens is 546 g/mol. The molecule has 6 nitrogen and oxygen atoms in total. The maximum atomic E-state index is 14.9. The van der Waals surface area contributed by atoms with Gasteiger partial charge in [0.1, 0.15) is 24.0 Å². The molecule has 1 atom stereocenters. The van der Waals surface area contributed by atoms with Crippen LogP contribution in [-0.2, 0) is 14.3 Å². The summed E-state index contributed by atoms with van der Waals surface area (Å²) in [5, 5.41) is 5.90. The summed E-state index contributed by atoms with van der Waals surface area (Å²) in [6.07, 6.45) is 0. The summed E-state index contributed by atoms with van der Waals surface area (Å²) in [5.74, 6) is -14.6. The number of hydrogen-bond donors (Lipinski definition) is 2. The zero-order valence-electron chi connectivity index (χ0n) is 18.9. The fourth-order valence-corrected chi connectivity index (χ4v) is 4.50. The van der Waals surface area contributed by atoms with Crippen LogP contribution in [0.4, 0.5) is 22.0 Å². The molecule has 0 amide bonds. The summed E-state index contributed by atoms with van der Waals surface area (Å²) >= 11 is 11.9. The molecule has 0 saturated carbocycles. The van der Waals surface area contributed by atoms with Gasteiger partial charge in [0, 0.05) is 29.1 Å². The highest BCUT2D eigenvalue weighted by molar-refractivity contribution is 6.42. The van der Waals surface area contributed by atoms with Gasteiger partial charge in [-0.15, -0.1) is 0 Å². The molecule has 2 aliphatic rings. The fraction of sp³-hybridized carbons (Fsp3) is 0.250. The molecule has 1 unspecified atom stereocenters. The van der Waals surface area contributed by atoms with Crippen LogP contribution in [-0.4, -0.2) is 38.1 Å². The minimum atomic E-state index is -2.36. The van der Waals surface area contributed by atoms with E-state index < -0.39 is 57.9 Å². The SMILES string of the molecule is CC1=C(C(=O)OCCOc2cccc(Cl)c2Cl)C(c2c(F)c(F)c(F)c(F)c2F)C2=C(CNCC2=O)N1. The van der Waals surface area contributed by atoms with Crippen molar-refractivity contribution in [2.45, 2.75) is 12.8 Å². The lowest BCUT2D eigenvalue weighted by atomic mass is 9.77. The number of hydrogen-bond acceptors (Lipinski definition) is 6. The lowest BCUT2D eigenvalue weighted by Gasteiger charge is -2.34. The molecule has 4 rings (SSSR count). The number of benzene rings is 2. The summed E-state index contributed by atoms with van der Waals surface area (Å²) in [4.78, 5) is 25.8. The van der Waals surface area contributed by atoms with Gasteiger partial charge in [-0.2, -0.15) is 0 Å². The molecule has 2 aliphatic heterocycles. The second-order valence-electron chi connectivity index (χ2n) is 8.04. The molecule has 0 spiro atoms. The Morgan fingerprint density at radius 2 is 1.65 bits per heavy atom. The number of esters is 1. The van der Waals surface area contributed by atoms with Gasteiger partial charge >= 0.3 is 5.97 Å². The average Bonchev–Trinajstić information content (AvgIpc) is 2.86. The first-order valence-corrected chi connectivity index (χ1v) is 11.5. The Balaban J connectivity index is 1.68. The van der Waals surface area contributed by atoms with Crippen LogP contribution in [0.5, 0.6) is 5.75 Å². The van der Waals surface area contributed by atoms with E-state index >= 15 is 0 Å². The molecule has 0 radical (unpaired) electrons. The third-order valence-electron chi connectivity index (χ3n) is 5.78. The predicted molar refractivity (Wildman–Crippen MR) is 123 cm³/mol. The summed E-state index contributed by atoms with van der Waals surface area (Å²) < 4.78 is 82.4. The predicted octanol–water partition coefficient (Wildman–Crippen LogP) is 4.70. The molecule has 2 heterocycles. The van der Waals surface area contributed by atoms with Gasteiger partial charge in [0.25, 0.3) is 0 Å². The quantitative estimate of drug-likeness (QED) is 0.175. The van der Waals surface area contributed by atoms with Crippen LogP contribution in [0.25, 0.3) is 0 Å². The van der Waals surface area contributed by atoms with E-state index in [0.717, 1.165) is 0 Å². The van der Waals surface area contributed by atoms with Crippen LogP contribution in [0.15, 0.2) is 40.7 Å². The number of nitrogens with one attached hydrogen (secondary N) is 2. The number of dihydropyridines is 1. The number of carbonyl (C=O) groups excluding carboxylic acids is 2. The third-order valence-corrected chi connectivity index (χ3v) is 6.58. The van der Waals surface area contributed by atoms with Crippen molar-refractivity contribution in [3.05, 3.63) is 85.4 Å². The van der Waals surface area contributed by atoms with E-state index in [-0.39, 0.29) is 59.1 Å².